The molecule has 5 heteroatoms. The lowest BCUT2D eigenvalue weighted by Crippen LogP contribution is -2.48. The molecule has 0 saturated carbocycles. The van der Waals surface area contributed by atoms with Crippen LogP contribution < -0.4 is 10.6 Å². The highest BCUT2D eigenvalue weighted by Gasteiger charge is 2.26. The number of ether oxygens (including phenoxy) is 1. The van der Waals surface area contributed by atoms with Crippen molar-refractivity contribution < 1.29 is 4.74 Å². The van der Waals surface area contributed by atoms with Gasteiger partial charge in [-0.25, -0.2) is 0 Å². The summed E-state index contributed by atoms with van der Waals surface area (Å²) in [5.74, 6) is 0. The quantitative estimate of drug-likeness (QED) is 0.686. The SMILES string of the molecule is CSc1cccc(N2CC(C)OCC2C)c1C(N)=S. The summed E-state index contributed by atoms with van der Waals surface area (Å²) in [6.07, 6.45) is 2.28. The fourth-order valence-electron chi connectivity index (χ4n) is 2.42. The summed E-state index contributed by atoms with van der Waals surface area (Å²) >= 11 is 6.93. The Morgan fingerprint density at radius 2 is 2.21 bits per heavy atom. The minimum atomic E-state index is 0.230. The lowest BCUT2D eigenvalue weighted by Gasteiger charge is -2.39. The monoisotopic (exact) mass is 296 g/mol. The van der Waals surface area contributed by atoms with E-state index in [1.165, 1.54) is 0 Å². The summed E-state index contributed by atoms with van der Waals surface area (Å²) < 4.78 is 5.69. The van der Waals surface area contributed by atoms with Gasteiger partial charge in [0.2, 0.25) is 0 Å². The Bertz CT molecular complexity index is 479. The van der Waals surface area contributed by atoms with Crippen LogP contribution in [0.1, 0.15) is 19.4 Å². The molecule has 1 fully saturated rings. The number of thioether (sulfide) groups is 1. The molecule has 0 bridgehead atoms. The van der Waals surface area contributed by atoms with Crippen molar-refractivity contribution in [2.45, 2.75) is 30.9 Å². The van der Waals surface area contributed by atoms with E-state index in [9.17, 15) is 0 Å². The molecule has 1 saturated heterocycles. The van der Waals surface area contributed by atoms with E-state index >= 15 is 0 Å². The van der Waals surface area contributed by atoms with Crippen molar-refractivity contribution in [3.05, 3.63) is 23.8 Å². The van der Waals surface area contributed by atoms with Crippen LogP contribution >= 0.6 is 24.0 Å². The third kappa shape index (κ3) is 3.04. The second kappa shape index (κ2) is 6.11. The van der Waals surface area contributed by atoms with Crippen LogP contribution in [0.2, 0.25) is 0 Å². The lowest BCUT2D eigenvalue weighted by atomic mass is 10.1. The van der Waals surface area contributed by atoms with Crippen LogP contribution in [0.15, 0.2) is 23.1 Å². The number of benzene rings is 1. The number of hydrogen-bond acceptors (Lipinski definition) is 4. The molecule has 2 unspecified atom stereocenters. The number of nitrogens with zero attached hydrogens (tertiary/aromatic N) is 1. The Morgan fingerprint density at radius 3 is 2.84 bits per heavy atom. The maximum absolute atomic E-state index is 5.94. The van der Waals surface area contributed by atoms with Crippen LogP contribution in [-0.2, 0) is 4.74 Å². The van der Waals surface area contributed by atoms with Crippen molar-refractivity contribution in [3.63, 3.8) is 0 Å². The van der Waals surface area contributed by atoms with E-state index < -0.39 is 0 Å². The van der Waals surface area contributed by atoms with Crippen molar-refractivity contribution in [3.8, 4) is 0 Å². The third-order valence-corrected chi connectivity index (χ3v) is 4.37. The van der Waals surface area contributed by atoms with Gasteiger partial charge in [0.05, 0.1) is 12.7 Å². The molecule has 2 rings (SSSR count). The molecular formula is C14H20N2OS2. The van der Waals surface area contributed by atoms with Crippen LogP contribution in [0.5, 0.6) is 0 Å². The van der Waals surface area contributed by atoms with Crippen LogP contribution in [-0.4, -0.2) is 36.5 Å². The molecule has 2 N–H and O–H groups in total. The number of rotatable bonds is 3. The van der Waals surface area contributed by atoms with Gasteiger partial charge in [-0.05, 0) is 32.2 Å². The summed E-state index contributed by atoms with van der Waals surface area (Å²) in [6, 6.07) is 6.57. The highest BCUT2D eigenvalue weighted by atomic mass is 32.2. The van der Waals surface area contributed by atoms with Gasteiger partial charge in [-0.3, -0.25) is 0 Å². The molecule has 1 aliphatic heterocycles. The number of hydrogen-bond donors (Lipinski definition) is 1. The van der Waals surface area contributed by atoms with Crippen molar-refractivity contribution in [1.29, 1.82) is 0 Å². The van der Waals surface area contributed by atoms with Gasteiger partial charge >= 0.3 is 0 Å². The first-order chi connectivity index (χ1) is 9.04. The largest absolute Gasteiger partial charge is 0.389 e. The third-order valence-electron chi connectivity index (χ3n) is 3.39. The van der Waals surface area contributed by atoms with E-state index in [1.54, 1.807) is 11.8 Å². The van der Waals surface area contributed by atoms with Crippen LogP contribution in [0.3, 0.4) is 0 Å². The van der Waals surface area contributed by atoms with Gasteiger partial charge in [0.15, 0.2) is 0 Å². The maximum Gasteiger partial charge on any atom is 0.107 e. The molecule has 19 heavy (non-hydrogen) atoms. The Labute approximate surface area is 124 Å². The van der Waals surface area contributed by atoms with E-state index in [4.69, 9.17) is 22.7 Å². The molecule has 1 aliphatic rings. The molecule has 3 nitrogen and oxygen atoms in total. The van der Waals surface area contributed by atoms with Gasteiger partial charge in [0.1, 0.15) is 4.99 Å². The molecule has 0 aliphatic carbocycles. The highest BCUT2D eigenvalue weighted by Crippen LogP contribution is 2.32. The Balaban J connectivity index is 2.46. The normalized spacial score (nSPS) is 23.4. The maximum atomic E-state index is 5.94. The fraction of sp³-hybridized carbons (Fsp3) is 0.500. The number of nitrogens with two attached hydrogens (primary N) is 1. The van der Waals surface area contributed by atoms with Gasteiger partial charge in [-0.2, -0.15) is 0 Å². The van der Waals surface area contributed by atoms with E-state index in [1.807, 2.05) is 6.26 Å². The van der Waals surface area contributed by atoms with Crippen LogP contribution in [0.25, 0.3) is 0 Å². The highest BCUT2D eigenvalue weighted by molar-refractivity contribution is 7.98. The molecule has 0 spiro atoms. The predicted molar refractivity (Wildman–Crippen MR) is 86.3 cm³/mol. The Kier molecular flexibility index (Phi) is 4.71. The van der Waals surface area contributed by atoms with Gasteiger partial charge in [0.25, 0.3) is 0 Å². The Morgan fingerprint density at radius 1 is 1.47 bits per heavy atom. The topological polar surface area (TPSA) is 38.5 Å². The molecule has 2 atom stereocenters. The van der Waals surface area contributed by atoms with Crippen molar-refractivity contribution in [2.24, 2.45) is 5.73 Å². The zero-order chi connectivity index (χ0) is 14.0. The van der Waals surface area contributed by atoms with Crippen molar-refractivity contribution >= 4 is 34.7 Å². The summed E-state index contributed by atoms with van der Waals surface area (Å²) in [7, 11) is 0. The smallest absolute Gasteiger partial charge is 0.107 e. The summed E-state index contributed by atoms with van der Waals surface area (Å²) in [4.78, 5) is 3.95. The second-order valence-electron chi connectivity index (χ2n) is 4.86. The second-order valence-corrected chi connectivity index (χ2v) is 6.15. The molecule has 1 aromatic rings. The van der Waals surface area contributed by atoms with Gasteiger partial charge < -0.3 is 15.4 Å². The molecule has 0 amide bonds. The standard InChI is InChI=1S/C14H20N2OS2/c1-9-8-17-10(2)7-16(9)11-5-4-6-12(19-3)13(11)14(15)18/h4-6,9-10H,7-8H2,1-3H3,(H2,15,18). The number of anilines is 1. The van der Waals surface area contributed by atoms with E-state index in [0.717, 1.165) is 29.3 Å². The minimum absolute atomic E-state index is 0.230. The number of morpholine rings is 1. The van der Waals surface area contributed by atoms with E-state index in [0.29, 0.717) is 11.0 Å². The number of thiocarbonyl (C=S) groups is 1. The van der Waals surface area contributed by atoms with Gasteiger partial charge in [-0.1, -0.05) is 18.3 Å². The summed E-state index contributed by atoms with van der Waals surface area (Å²) in [5.41, 5.74) is 8.06. The zero-order valence-corrected chi connectivity index (χ0v) is 13.2. The predicted octanol–water partition coefficient (Wildman–Crippen LogP) is 2.66. The van der Waals surface area contributed by atoms with E-state index in [-0.39, 0.29) is 6.10 Å². The summed E-state index contributed by atoms with van der Waals surface area (Å²) in [5, 5.41) is 0. The molecule has 104 valence electrons. The zero-order valence-electron chi connectivity index (χ0n) is 11.6. The van der Waals surface area contributed by atoms with Crippen molar-refractivity contribution in [2.75, 3.05) is 24.3 Å². The van der Waals surface area contributed by atoms with Crippen LogP contribution in [0.4, 0.5) is 5.69 Å². The van der Waals surface area contributed by atoms with Crippen molar-refractivity contribution in [1.82, 2.24) is 0 Å². The lowest BCUT2D eigenvalue weighted by molar-refractivity contribution is 0.0343. The summed E-state index contributed by atoms with van der Waals surface area (Å²) in [6.45, 7) is 5.87. The average molecular weight is 296 g/mol. The first-order valence-electron chi connectivity index (χ1n) is 6.39. The molecule has 0 radical (unpaired) electrons. The first-order valence-corrected chi connectivity index (χ1v) is 8.03. The molecule has 1 heterocycles. The fourth-order valence-corrected chi connectivity index (χ4v) is 3.33. The minimum Gasteiger partial charge on any atom is -0.389 e. The molecule has 0 aromatic heterocycles. The average Bonchev–Trinajstić information content (AvgIpc) is 2.40. The van der Waals surface area contributed by atoms with Gasteiger partial charge in [0, 0.05) is 28.7 Å². The van der Waals surface area contributed by atoms with Gasteiger partial charge in [-0.15, -0.1) is 11.8 Å². The van der Waals surface area contributed by atoms with E-state index in [2.05, 4.69) is 36.9 Å². The molecular weight excluding hydrogens is 276 g/mol. The molecule has 1 aromatic carbocycles. The first kappa shape index (κ1) is 14.6. The van der Waals surface area contributed by atoms with Crippen LogP contribution in [0, 0.1) is 0 Å². The Hall–Kier alpha value is -0.780.